The minimum absolute atomic E-state index is 0.116. The molecule has 0 spiro atoms. The monoisotopic (exact) mass is 789 g/mol. The summed E-state index contributed by atoms with van der Waals surface area (Å²) in [7, 11) is 2.37. The molecule has 7 nitrogen and oxygen atoms in total. The van der Waals surface area contributed by atoms with Crippen molar-refractivity contribution in [2.75, 3.05) is 26.2 Å². The summed E-state index contributed by atoms with van der Waals surface area (Å²) >= 11 is 4.14. The third kappa shape index (κ3) is 7.10. The van der Waals surface area contributed by atoms with Crippen LogP contribution >= 0.6 is 60.8 Å². The zero-order chi connectivity index (χ0) is 27.2. The number of amides is 1. The van der Waals surface area contributed by atoms with Crippen LogP contribution in [-0.2, 0) is 26.2 Å². The molecule has 0 atom stereocenters. The topological polar surface area (TPSA) is 63.3 Å². The molecule has 11 heteroatoms. The highest BCUT2D eigenvalue weighted by molar-refractivity contribution is 14.2. The van der Waals surface area contributed by atoms with Gasteiger partial charge in [-0.25, -0.2) is 0 Å². The lowest BCUT2D eigenvalue weighted by Gasteiger charge is -2.27. The fourth-order valence-corrected chi connectivity index (χ4v) is 6.62. The van der Waals surface area contributed by atoms with Gasteiger partial charge in [0.25, 0.3) is 5.91 Å². The second kappa shape index (κ2) is 14.0. The number of carbonyl (C=O) groups excluding carboxylic acids is 1. The number of ether oxygens (including phenoxy) is 1. The molecule has 1 amide bonds. The maximum atomic E-state index is 14.2. The second-order valence-corrected chi connectivity index (χ2v) is 12.3. The van der Waals surface area contributed by atoms with Crippen molar-refractivity contribution in [2.45, 2.75) is 33.2 Å². The number of nitrogens with one attached hydrogen (secondary N) is 1. The van der Waals surface area contributed by atoms with E-state index in [1.807, 2.05) is 42.2 Å². The van der Waals surface area contributed by atoms with Crippen LogP contribution in [0.3, 0.4) is 0 Å². The fraction of sp³-hybridized carbons (Fsp3) is 0.321. The highest BCUT2D eigenvalue weighted by Gasteiger charge is 2.32. The van der Waals surface area contributed by atoms with E-state index in [4.69, 9.17) is 13.1 Å². The number of benzene rings is 3. The normalized spacial score (nSPS) is 15.2. The van der Waals surface area contributed by atoms with Crippen LogP contribution in [0.4, 0.5) is 0 Å². The minimum atomic E-state index is -0.116. The average Bonchev–Trinajstić information content (AvgIpc) is 3.38. The van der Waals surface area contributed by atoms with Crippen molar-refractivity contribution < 1.29 is 17.9 Å². The van der Waals surface area contributed by atoms with E-state index in [1.165, 1.54) is 25.9 Å². The van der Waals surface area contributed by atoms with Crippen molar-refractivity contribution in [1.82, 2.24) is 15.1 Å². The van der Waals surface area contributed by atoms with Crippen LogP contribution in [0.1, 0.15) is 38.2 Å². The van der Waals surface area contributed by atoms with E-state index in [1.54, 1.807) is 6.07 Å². The van der Waals surface area contributed by atoms with Crippen LogP contribution in [0.15, 0.2) is 54.6 Å². The first kappa shape index (κ1) is 29.1. The van der Waals surface area contributed by atoms with E-state index < -0.39 is 0 Å². The third-order valence-corrected chi connectivity index (χ3v) is 8.59. The van der Waals surface area contributed by atoms with E-state index in [2.05, 4.69) is 70.8 Å². The highest BCUT2D eigenvalue weighted by Crippen LogP contribution is 2.44. The summed E-state index contributed by atoms with van der Waals surface area (Å²) in [6.07, 6.45) is 0. The third-order valence-electron chi connectivity index (χ3n) is 7.02. The highest BCUT2D eigenvalue weighted by atomic mass is 127. The van der Waals surface area contributed by atoms with E-state index in [-0.39, 0.29) is 5.91 Å². The van der Waals surface area contributed by atoms with Crippen molar-refractivity contribution in [3.8, 4) is 17.2 Å². The molecule has 2 heterocycles. The van der Waals surface area contributed by atoms with Gasteiger partial charge in [0.1, 0.15) is 42.1 Å². The molecule has 2 aliphatic heterocycles. The summed E-state index contributed by atoms with van der Waals surface area (Å²) in [5.41, 5.74) is 5.87. The zero-order valence-corrected chi connectivity index (χ0v) is 27.4. The molecule has 3 aromatic carbocycles. The quantitative estimate of drug-likeness (QED) is 0.176. The smallest absolute Gasteiger partial charge is 0.262 e. The van der Waals surface area contributed by atoms with Crippen LogP contribution in [0, 0.1) is 6.92 Å². The van der Waals surface area contributed by atoms with E-state index in [0.717, 1.165) is 53.1 Å². The fourth-order valence-electron chi connectivity index (χ4n) is 5.02. The van der Waals surface area contributed by atoms with Gasteiger partial charge >= 0.3 is 0 Å². The van der Waals surface area contributed by atoms with Gasteiger partial charge < -0.3 is 23.3 Å². The summed E-state index contributed by atoms with van der Waals surface area (Å²) < 4.78 is 18.1. The lowest BCUT2D eigenvalue weighted by atomic mass is 10.1. The van der Waals surface area contributed by atoms with Gasteiger partial charge in [-0.1, -0.05) is 48.5 Å². The Morgan fingerprint density at radius 3 is 2.38 bits per heavy atom. The molecule has 0 aromatic heterocycles. The van der Waals surface area contributed by atoms with Crippen LogP contribution in [0.25, 0.3) is 0 Å². The van der Waals surface area contributed by atoms with E-state index in [9.17, 15) is 4.79 Å². The second-order valence-electron chi connectivity index (χ2n) is 9.56. The molecule has 206 valence electrons. The number of hydrogen-bond acceptors (Lipinski definition) is 8. The Balaban J connectivity index is 1.42. The van der Waals surface area contributed by atoms with Gasteiger partial charge in [0.2, 0.25) is 0 Å². The van der Waals surface area contributed by atoms with E-state index >= 15 is 0 Å². The summed E-state index contributed by atoms with van der Waals surface area (Å²) in [5.74, 6) is 1.42. The van der Waals surface area contributed by atoms with Crippen molar-refractivity contribution in [1.29, 1.82) is 0 Å². The van der Waals surface area contributed by atoms with Crippen molar-refractivity contribution in [3.63, 3.8) is 0 Å². The molecule has 5 rings (SSSR count). The van der Waals surface area contributed by atoms with Gasteiger partial charge in [0.15, 0.2) is 5.75 Å². The number of fused-ring (bicyclic) bond motifs is 1. The Morgan fingerprint density at radius 1 is 0.923 bits per heavy atom. The Labute approximate surface area is 262 Å². The maximum absolute atomic E-state index is 14.2. The van der Waals surface area contributed by atoms with Gasteiger partial charge in [0.05, 0.1) is 0 Å². The molecule has 39 heavy (non-hydrogen) atoms. The molecular formula is C28H29I2N3O4S2. The van der Waals surface area contributed by atoms with E-state index in [0.29, 0.717) is 42.5 Å². The minimum Gasteiger partial charge on any atom is -0.487 e. The summed E-state index contributed by atoms with van der Waals surface area (Å²) in [4.78, 5) is 18.5. The number of piperazine rings is 1. The van der Waals surface area contributed by atoms with Gasteiger partial charge in [0, 0.05) is 99.9 Å². The molecule has 0 bridgehead atoms. The number of hydrogen-bond donors (Lipinski definition) is 1. The SMILES string of the molecule is Cc1c(OSI)cc(OSI)c(C(=O)N2Cc3ccc(CN4CCNCC4)cc3C2)c1OCc1ccccc1. The molecule has 0 radical (unpaired) electrons. The van der Waals surface area contributed by atoms with Crippen LogP contribution in [0.2, 0.25) is 0 Å². The molecule has 1 saturated heterocycles. The number of carbonyl (C=O) groups is 1. The summed E-state index contributed by atoms with van der Waals surface area (Å²) in [5, 5.41) is 3.41. The number of rotatable bonds is 10. The predicted octanol–water partition coefficient (Wildman–Crippen LogP) is 6.89. The molecular weight excluding hydrogens is 760 g/mol. The molecule has 0 saturated carbocycles. The first-order chi connectivity index (χ1) is 19.1. The molecule has 0 aliphatic carbocycles. The number of halogens is 2. The Morgan fingerprint density at radius 2 is 1.64 bits per heavy atom. The average molecular weight is 789 g/mol. The lowest BCUT2D eigenvalue weighted by molar-refractivity contribution is 0.0744. The number of nitrogens with zero attached hydrogens (tertiary/aromatic N) is 2. The zero-order valence-electron chi connectivity index (χ0n) is 21.5. The maximum Gasteiger partial charge on any atom is 0.262 e. The Bertz CT molecular complexity index is 1310. The molecule has 1 N–H and O–H groups in total. The first-order valence-electron chi connectivity index (χ1n) is 12.6. The molecule has 0 unspecified atom stereocenters. The molecule has 3 aromatic rings. The van der Waals surface area contributed by atoms with Gasteiger partial charge in [-0.05, 0) is 29.2 Å². The Kier molecular flexibility index (Phi) is 10.4. The Hall–Kier alpha value is -1.39. The standard InChI is InChI=1S/C28H29I2N3O4S2/c1-19-24(36-38-29)14-25(37-39-30)26(27(19)35-18-20-5-3-2-4-6-20)28(34)33-16-22-8-7-21(13-23(22)17-33)15-32-11-9-31-10-12-32/h2-8,13-14,31H,9-12,15-18H2,1H3. The van der Waals surface area contributed by atoms with Gasteiger partial charge in [-0.3, -0.25) is 9.69 Å². The van der Waals surface area contributed by atoms with Crippen LogP contribution in [0.5, 0.6) is 17.2 Å². The lowest BCUT2D eigenvalue weighted by Crippen LogP contribution is -2.42. The van der Waals surface area contributed by atoms with Crippen LogP contribution in [-0.4, -0.2) is 41.9 Å². The van der Waals surface area contributed by atoms with Gasteiger partial charge in [-0.15, -0.1) is 0 Å². The molecule has 1 fully saturated rings. The van der Waals surface area contributed by atoms with Gasteiger partial charge in [-0.2, -0.15) is 0 Å². The first-order valence-corrected chi connectivity index (χ1v) is 19.2. The largest absolute Gasteiger partial charge is 0.487 e. The van der Waals surface area contributed by atoms with Crippen LogP contribution < -0.4 is 18.4 Å². The van der Waals surface area contributed by atoms with Crippen molar-refractivity contribution in [2.24, 2.45) is 0 Å². The van der Waals surface area contributed by atoms with Crippen molar-refractivity contribution in [3.05, 3.63) is 88.0 Å². The predicted molar refractivity (Wildman–Crippen MR) is 175 cm³/mol. The summed E-state index contributed by atoms with van der Waals surface area (Å²) in [6, 6.07) is 18.3. The summed E-state index contributed by atoms with van der Waals surface area (Å²) in [6.45, 7) is 8.46. The molecule has 2 aliphatic rings. The van der Waals surface area contributed by atoms with Crippen molar-refractivity contribution >= 4 is 66.7 Å².